The lowest BCUT2D eigenvalue weighted by Gasteiger charge is -2.25. The van der Waals surface area contributed by atoms with E-state index in [2.05, 4.69) is 9.73 Å². The molecule has 5 N–H and O–H groups in total. The molecule has 53 heavy (non-hydrogen) atoms. The predicted octanol–water partition coefficient (Wildman–Crippen LogP) is 6.97. The maximum Gasteiger partial charge on any atom is 0.206 e. The van der Waals surface area contributed by atoms with E-state index in [0.29, 0.717) is 50.2 Å². The average molecular weight is 808 g/mol. The Balaban J connectivity index is 0.000000310. The van der Waals surface area contributed by atoms with E-state index in [-0.39, 0.29) is 62.1 Å². The van der Waals surface area contributed by atoms with Crippen molar-refractivity contribution >= 4 is 56.2 Å². The highest BCUT2D eigenvalue weighted by molar-refractivity contribution is 7.91. The number of rotatable bonds is 8. The molecule has 0 spiro atoms. The van der Waals surface area contributed by atoms with Gasteiger partial charge < -0.3 is 25.7 Å². The van der Waals surface area contributed by atoms with Gasteiger partial charge in [-0.1, -0.05) is 48.5 Å². The number of ether oxygens (including phenoxy) is 3. The maximum atomic E-state index is 12.7. The second kappa shape index (κ2) is 20.9. The summed E-state index contributed by atoms with van der Waals surface area (Å²) in [6.07, 6.45) is 1.71. The van der Waals surface area contributed by atoms with Crippen LogP contribution in [-0.4, -0.2) is 61.5 Å². The van der Waals surface area contributed by atoms with Crippen LogP contribution in [0.2, 0.25) is 0 Å². The van der Waals surface area contributed by atoms with Crippen LogP contribution in [0.4, 0.5) is 0 Å². The number of amidine groups is 1. The van der Waals surface area contributed by atoms with Gasteiger partial charge in [-0.2, -0.15) is 0 Å². The van der Waals surface area contributed by atoms with Gasteiger partial charge >= 0.3 is 0 Å². The molecule has 15 heteroatoms. The van der Waals surface area contributed by atoms with Crippen LogP contribution >= 0.6 is 24.8 Å². The van der Waals surface area contributed by atoms with E-state index in [0.717, 1.165) is 24.0 Å². The minimum Gasteiger partial charge on any atom is -0.493 e. The zero-order chi connectivity index (χ0) is 37.0. The molecular formula is C38H48Cl2N4O7S2. The molecule has 2 aliphatic rings. The van der Waals surface area contributed by atoms with E-state index >= 15 is 0 Å². The quantitative estimate of drug-likeness (QED) is 0.125. The molecule has 2 unspecified atom stereocenters. The number of hydrogen-bond acceptors (Lipinski definition) is 10. The van der Waals surface area contributed by atoms with Crippen molar-refractivity contribution in [3.05, 3.63) is 108 Å². The molecule has 0 aliphatic carbocycles. The van der Waals surface area contributed by atoms with Crippen LogP contribution < -0.4 is 20.9 Å². The SMILES string of the molecule is CC(N)=NCC1CCOc2cc(S(=O)(=O)c3ccccc3)ccc21.CCOC(C)=N.Cl.Cl.NCC1CCOc2cc(S(=O)(=O)c3ccccc3)ccc21. The van der Waals surface area contributed by atoms with E-state index in [9.17, 15) is 16.8 Å². The summed E-state index contributed by atoms with van der Waals surface area (Å²) in [7, 11) is -7.05. The van der Waals surface area contributed by atoms with Crippen molar-refractivity contribution in [2.75, 3.05) is 32.9 Å². The number of nitrogens with two attached hydrogens (primary N) is 2. The third-order valence-electron chi connectivity index (χ3n) is 8.23. The first-order valence-electron chi connectivity index (χ1n) is 16.7. The fraction of sp³-hybridized carbons (Fsp3) is 0.316. The average Bonchev–Trinajstić information content (AvgIpc) is 3.14. The molecule has 0 saturated heterocycles. The summed E-state index contributed by atoms with van der Waals surface area (Å²) >= 11 is 0. The van der Waals surface area contributed by atoms with Gasteiger partial charge in [-0.15, -0.1) is 24.8 Å². The Kier molecular flexibility index (Phi) is 17.8. The summed E-state index contributed by atoms with van der Waals surface area (Å²) in [4.78, 5) is 5.35. The van der Waals surface area contributed by atoms with Gasteiger partial charge in [0.05, 0.1) is 45.2 Å². The minimum absolute atomic E-state index is 0. The lowest BCUT2D eigenvalue weighted by atomic mass is 9.93. The van der Waals surface area contributed by atoms with Crippen LogP contribution in [0.25, 0.3) is 0 Å². The van der Waals surface area contributed by atoms with Crippen molar-refractivity contribution in [1.29, 1.82) is 5.41 Å². The summed E-state index contributed by atoms with van der Waals surface area (Å²) in [5, 5.41) is 6.67. The van der Waals surface area contributed by atoms with Gasteiger partial charge in [0, 0.05) is 25.3 Å². The fourth-order valence-corrected chi connectivity index (χ4v) is 8.19. The predicted molar refractivity (Wildman–Crippen MR) is 213 cm³/mol. The van der Waals surface area contributed by atoms with Crippen molar-refractivity contribution in [2.24, 2.45) is 16.5 Å². The third-order valence-corrected chi connectivity index (χ3v) is 11.8. The van der Waals surface area contributed by atoms with Gasteiger partial charge in [0.25, 0.3) is 0 Å². The molecular weight excluding hydrogens is 759 g/mol. The number of halogens is 2. The first kappa shape index (κ1) is 45.0. The third kappa shape index (κ3) is 11.9. The summed E-state index contributed by atoms with van der Waals surface area (Å²) in [5.74, 6) is 2.52. The second-order valence-electron chi connectivity index (χ2n) is 11.9. The molecule has 0 saturated carbocycles. The molecule has 11 nitrogen and oxygen atoms in total. The van der Waals surface area contributed by atoms with Gasteiger partial charge in [0.15, 0.2) is 5.90 Å². The molecule has 2 atom stereocenters. The summed E-state index contributed by atoms with van der Waals surface area (Å²) in [6, 6.07) is 27.0. The molecule has 288 valence electrons. The van der Waals surface area contributed by atoms with E-state index in [4.69, 9.17) is 26.4 Å². The highest BCUT2D eigenvalue weighted by Gasteiger charge is 2.26. The standard InChI is InChI=1S/C18H20N2O3S.C16H17NO3S.C4H9NO.2ClH/c1-13(19)20-12-14-9-10-23-18-11-16(7-8-17(14)18)24(21,22)15-5-3-2-4-6-15;17-11-12-8-9-20-16-10-14(6-7-15(12)16)21(18,19)13-4-2-1-3-5-13;1-3-6-4(2)5;;/h2-8,11,14H,9-10,12H2,1H3,(H2,19,20);1-7,10,12H,8-9,11,17H2;5H,3H2,1-2H3;2*1H. The van der Waals surface area contributed by atoms with Crippen LogP contribution in [0.5, 0.6) is 11.5 Å². The van der Waals surface area contributed by atoms with E-state index in [1.54, 1.807) is 98.8 Å². The summed E-state index contributed by atoms with van der Waals surface area (Å²) < 4.78 is 66.5. The largest absolute Gasteiger partial charge is 0.493 e. The van der Waals surface area contributed by atoms with E-state index in [1.165, 1.54) is 0 Å². The molecule has 0 aromatic heterocycles. The molecule has 0 amide bonds. The first-order chi connectivity index (χ1) is 24.4. The lowest BCUT2D eigenvalue weighted by Crippen LogP contribution is -2.21. The Hall–Kier alpha value is -4.14. The topological polar surface area (TPSA) is 184 Å². The number of benzene rings is 4. The van der Waals surface area contributed by atoms with Gasteiger partial charge in [0.2, 0.25) is 19.7 Å². The van der Waals surface area contributed by atoms with Crippen molar-refractivity contribution < 1.29 is 31.0 Å². The maximum absolute atomic E-state index is 12.7. The number of sulfone groups is 2. The van der Waals surface area contributed by atoms with Crippen molar-refractivity contribution in [3.63, 3.8) is 0 Å². The number of hydrogen-bond donors (Lipinski definition) is 3. The molecule has 4 aromatic carbocycles. The monoisotopic (exact) mass is 806 g/mol. The van der Waals surface area contributed by atoms with Crippen LogP contribution in [0.15, 0.2) is 122 Å². The van der Waals surface area contributed by atoms with Crippen LogP contribution in [0.1, 0.15) is 56.6 Å². The Labute approximate surface area is 325 Å². The van der Waals surface area contributed by atoms with Crippen molar-refractivity contribution in [2.45, 2.75) is 65.0 Å². The highest BCUT2D eigenvalue weighted by Crippen LogP contribution is 2.37. The Morgan fingerprint density at radius 2 is 1.17 bits per heavy atom. The van der Waals surface area contributed by atoms with Crippen molar-refractivity contribution in [3.8, 4) is 11.5 Å². The Morgan fingerprint density at radius 1 is 0.736 bits per heavy atom. The van der Waals surface area contributed by atoms with Gasteiger partial charge in [0.1, 0.15) is 11.5 Å². The zero-order valence-corrected chi connectivity index (χ0v) is 33.2. The van der Waals surface area contributed by atoms with Gasteiger partial charge in [-0.3, -0.25) is 10.4 Å². The lowest BCUT2D eigenvalue weighted by molar-refractivity contribution is 0.268. The molecule has 4 aromatic rings. The van der Waals surface area contributed by atoms with Gasteiger partial charge in [-0.25, -0.2) is 16.8 Å². The zero-order valence-electron chi connectivity index (χ0n) is 29.9. The molecule has 6 rings (SSSR count). The van der Waals surface area contributed by atoms with Crippen LogP contribution in [0.3, 0.4) is 0 Å². The number of nitrogens with zero attached hydrogens (tertiary/aromatic N) is 1. The molecule has 0 radical (unpaired) electrons. The van der Waals surface area contributed by atoms with E-state index < -0.39 is 19.7 Å². The number of aliphatic imine (C=N–C) groups is 1. The smallest absolute Gasteiger partial charge is 0.206 e. The van der Waals surface area contributed by atoms with Crippen LogP contribution in [0, 0.1) is 5.41 Å². The van der Waals surface area contributed by atoms with Crippen LogP contribution in [-0.2, 0) is 24.4 Å². The normalized spacial score (nSPS) is 16.0. The molecule has 2 heterocycles. The second-order valence-corrected chi connectivity index (χ2v) is 15.8. The van der Waals surface area contributed by atoms with Gasteiger partial charge in [-0.05, 0) is 92.9 Å². The Morgan fingerprint density at radius 3 is 1.55 bits per heavy atom. The summed E-state index contributed by atoms with van der Waals surface area (Å²) in [5.41, 5.74) is 13.4. The molecule has 0 fully saturated rings. The fourth-order valence-electron chi connectivity index (χ4n) is 5.60. The minimum atomic E-state index is -3.54. The Bertz CT molecular complexity index is 2030. The van der Waals surface area contributed by atoms with E-state index in [1.807, 2.05) is 19.1 Å². The summed E-state index contributed by atoms with van der Waals surface area (Å²) in [6.45, 7) is 8.09. The number of fused-ring (bicyclic) bond motifs is 2. The first-order valence-corrected chi connectivity index (χ1v) is 19.6. The number of nitrogens with one attached hydrogen (secondary N) is 1. The van der Waals surface area contributed by atoms with Crippen molar-refractivity contribution in [1.82, 2.24) is 0 Å². The highest BCUT2D eigenvalue weighted by atomic mass is 35.5. The molecule has 0 bridgehead atoms. The molecule has 2 aliphatic heterocycles.